The minimum atomic E-state index is -0.321. The lowest BCUT2D eigenvalue weighted by atomic mass is 10.1. The van der Waals surface area contributed by atoms with Gasteiger partial charge in [0.2, 0.25) is 17.6 Å². The first-order chi connectivity index (χ1) is 13.1. The summed E-state index contributed by atoms with van der Waals surface area (Å²) < 4.78 is 23.6. The summed E-state index contributed by atoms with van der Waals surface area (Å²) in [5.74, 6) is 1.20. The Hall–Kier alpha value is -3.22. The van der Waals surface area contributed by atoms with Gasteiger partial charge < -0.3 is 14.2 Å². The van der Waals surface area contributed by atoms with E-state index in [0.29, 0.717) is 36.8 Å². The van der Waals surface area contributed by atoms with Crippen molar-refractivity contribution in [1.29, 1.82) is 0 Å². The molecule has 2 aromatic carbocycles. The van der Waals surface area contributed by atoms with Crippen LogP contribution >= 0.6 is 0 Å². The van der Waals surface area contributed by atoms with Crippen molar-refractivity contribution in [3.63, 3.8) is 0 Å². The number of benzene rings is 2. The summed E-state index contributed by atoms with van der Waals surface area (Å²) in [5, 5.41) is 3.96. The van der Waals surface area contributed by atoms with Gasteiger partial charge in [-0.05, 0) is 42.0 Å². The third-order valence-corrected chi connectivity index (χ3v) is 4.64. The second-order valence-corrected chi connectivity index (χ2v) is 6.49. The fourth-order valence-electron chi connectivity index (χ4n) is 3.16. The summed E-state index contributed by atoms with van der Waals surface area (Å²) >= 11 is 0. The van der Waals surface area contributed by atoms with Crippen molar-refractivity contribution in [2.75, 3.05) is 13.7 Å². The molecule has 138 valence electrons. The third-order valence-electron chi connectivity index (χ3n) is 4.64. The molecule has 6 nitrogen and oxygen atoms in total. The van der Waals surface area contributed by atoms with E-state index in [4.69, 9.17) is 9.26 Å². The zero-order valence-electron chi connectivity index (χ0n) is 14.8. The van der Waals surface area contributed by atoms with Crippen LogP contribution in [0.3, 0.4) is 0 Å². The highest BCUT2D eigenvalue weighted by Crippen LogP contribution is 2.30. The number of hydrogen-bond donors (Lipinski definition) is 0. The predicted octanol–water partition coefficient (Wildman–Crippen LogP) is 3.40. The first-order valence-electron chi connectivity index (χ1n) is 8.62. The van der Waals surface area contributed by atoms with Crippen LogP contribution in [0.25, 0.3) is 11.4 Å². The van der Waals surface area contributed by atoms with Crippen molar-refractivity contribution in [2.24, 2.45) is 0 Å². The molecule has 1 aromatic heterocycles. The molecular formula is C20H18FN3O3. The lowest BCUT2D eigenvalue weighted by Gasteiger charge is -2.16. The van der Waals surface area contributed by atoms with Gasteiger partial charge in [0.15, 0.2) is 0 Å². The van der Waals surface area contributed by atoms with E-state index in [1.54, 1.807) is 24.1 Å². The summed E-state index contributed by atoms with van der Waals surface area (Å²) in [6.45, 7) is 1.05. The van der Waals surface area contributed by atoms with Gasteiger partial charge in [-0.1, -0.05) is 17.3 Å². The molecule has 3 aromatic rings. The van der Waals surface area contributed by atoms with Crippen molar-refractivity contribution >= 4 is 5.91 Å². The summed E-state index contributed by atoms with van der Waals surface area (Å²) in [6, 6.07) is 13.5. The van der Waals surface area contributed by atoms with Crippen LogP contribution in [0.1, 0.15) is 23.8 Å². The Bertz CT molecular complexity index is 938. The standard InChI is InChI=1S/C20H18FN3O3/c1-26-17-8-2-13(3-9-17)11-24-12-15(10-18(24)25)20-22-19(23-27-20)14-4-6-16(21)7-5-14/h2-9,15H,10-12H2,1H3. The van der Waals surface area contributed by atoms with E-state index in [2.05, 4.69) is 10.1 Å². The molecular weight excluding hydrogens is 349 g/mol. The zero-order valence-corrected chi connectivity index (χ0v) is 14.8. The van der Waals surface area contributed by atoms with Crippen LogP contribution < -0.4 is 4.74 Å². The maximum absolute atomic E-state index is 13.0. The minimum Gasteiger partial charge on any atom is -0.497 e. The van der Waals surface area contributed by atoms with Crippen molar-refractivity contribution in [3.8, 4) is 17.1 Å². The molecule has 0 spiro atoms. The van der Waals surface area contributed by atoms with Crippen molar-refractivity contribution in [1.82, 2.24) is 15.0 Å². The quantitative estimate of drug-likeness (QED) is 0.691. The summed E-state index contributed by atoms with van der Waals surface area (Å²) in [6.07, 6.45) is 0.335. The number of carbonyl (C=O) groups is 1. The molecule has 1 atom stereocenters. The Kier molecular flexibility index (Phi) is 4.58. The minimum absolute atomic E-state index is 0.0531. The van der Waals surface area contributed by atoms with Crippen LogP contribution in [0.2, 0.25) is 0 Å². The molecule has 2 heterocycles. The van der Waals surface area contributed by atoms with Gasteiger partial charge in [-0.25, -0.2) is 4.39 Å². The number of halogens is 1. The summed E-state index contributed by atoms with van der Waals surface area (Å²) in [4.78, 5) is 18.6. The highest BCUT2D eigenvalue weighted by Gasteiger charge is 2.34. The Morgan fingerprint density at radius 1 is 1.19 bits per heavy atom. The molecule has 27 heavy (non-hydrogen) atoms. The van der Waals surface area contributed by atoms with Gasteiger partial charge in [0.25, 0.3) is 0 Å². The third kappa shape index (κ3) is 3.67. The first-order valence-corrected chi connectivity index (χ1v) is 8.62. The van der Waals surface area contributed by atoms with Gasteiger partial charge in [-0.2, -0.15) is 4.98 Å². The average molecular weight is 367 g/mol. The van der Waals surface area contributed by atoms with E-state index in [9.17, 15) is 9.18 Å². The van der Waals surface area contributed by atoms with E-state index < -0.39 is 0 Å². The van der Waals surface area contributed by atoms with Crippen LogP contribution in [-0.4, -0.2) is 34.6 Å². The number of aromatic nitrogens is 2. The van der Waals surface area contributed by atoms with Crippen molar-refractivity contribution in [3.05, 3.63) is 65.8 Å². The predicted molar refractivity (Wildman–Crippen MR) is 95.5 cm³/mol. The average Bonchev–Trinajstić information content (AvgIpc) is 3.30. The number of nitrogens with zero attached hydrogens (tertiary/aromatic N) is 3. The van der Waals surface area contributed by atoms with Crippen LogP contribution in [0.4, 0.5) is 4.39 Å². The molecule has 0 aliphatic carbocycles. The number of carbonyl (C=O) groups excluding carboxylic acids is 1. The molecule has 4 rings (SSSR count). The van der Waals surface area contributed by atoms with Gasteiger partial charge in [0.1, 0.15) is 11.6 Å². The maximum atomic E-state index is 13.0. The van der Waals surface area contributed by atoms with Crippen LogP contribution in [0.5, 0.6) is 5.75 Å². The molecule has 0 saturated carbocycles. The number of amides is 1. The van der Waals surface area contributed by atoms with Crippen molar-refractivity contribution < 1.29 is 18.4 Å². The molecule has 0 radical (unpaired) electrons. The highest BCUT2D eigenvalue weighted by atomic mass is 19.1. The molecule has 1 fully saturated rings. The number of likely N-dealkylation sites (tertiary alicyclic amines) is 1. The molecule has 1 amide bonds. The smallest absolute Gasteiger partial charge is 0.232 e. The van der Waals surface area contributed by atoms with E-state index in [-0.39, 0.29) is 17.6 Å². The normalized spacial score (nSPS) is 16.7. The first kappa shape index (κ1) is 17.2. The number of ether oxygens (including phenoxy) is 1. The van der Waals surface area contributed by atoms with Crippen LogP contribution in [0, 0.1) is 5.82 Å². The second kappa shape index (κ2) is 7.19. The van der Waals surface area contributed by atoms with Gasteiger partial charge >= 0.3 is 0 Å². The molecule has 0 N–H and O–H groups in total. The molecule has 1 aliphatic heterocycles. The Balaban J connectivity index is 1.45. The van der Waals surface area contributed by atoms with Gasteiger partial charge in [0, 0.05) is 25.1 Å². The van der Waals surface area contributed by atoms with Crippen LogP contribution in [-0.2, 0) is 11.3 Å². The topological polar surface area (TPSA) is 68.5 Å². The lowest BCUT2D eigenvalue weighted by Crippen LogP contribution is -2.24. The SMILES string of the molecule is COc1ccc(CN2CC(c3nc(-c4ccc(F)cc4)no3)CC2=O)cc1. The lowest BCUT2D eigenvalue weighted by molar-refractivity contribution is -0.128. The van der Waals surface area contributed by atoms with Gasteiger partial charge in [-0.3, -0.25) is 4.79 Å². The maximum Gasteiger partial charge on any atom is 0.232 e. The fourth-order valence-corrected chi connectivity index (χ4v) is 3.16. The number of rotatable bonds is 5. The van der Waals surface area contributed by atoms with E-state index >= 15 is 0 Å². The molecule has 1 aliphatic rings. The van der Waals surface area contributed by atoms with E-state index in [1.165, 1.54) is 12.1 Å². The number of hydrogen-bond acceptors (Lipinski definition) is 5. The highest BCUT2D eigenvalue weighted by molar-refractivity contribution is 5.79. The summed E-state index contributed by atoms with van der Waals surface area (Å²) in [7, 11) is 1.62. The van der Waals surface area contributed by atoms with E-state index in [1.807, 2.05) is 24.3 Å². The fraction of sp³-hybridized carbons (Fsp3) is 0.250. The van der Waals surface area contributed by atoms with Gasteiger partial charge in [0.05, 0.1) is 13.0 Å². The van der Waals surface area contributed by atoms with Gasteiger partial charge in [-0.15, -0.1) is 0 Å². The number of methoxy groups -OCH3 is 1. The monoisotopic (exact) mass is 367 g/mol. The Morgan fingerprint density at radius 3 is 2.63 bits per heavy atom. The Morgan fingerprint density at radius 2 is 1.93 bits per heavy atom. The molecule has 7 heteroatoms. The molecule has 1 saturated heterocycles. The molecule has 1 unspecified atom stereocenters. The zero-order chi connectivity index (χ0) is 18.8. The second-order valence-electron chi connectivity index (χ2n) is 6.49. The van der Waals surface area contributed by atoms with Crippen LogP contribution in [0.15, 0.2) is 53.1 Å². The molecule has 0 bridgehead atoms. The summed E-state index contributed by atoms with van der Waals surface area (Å²) in [5.41, 5.74) is 1.70. The Labute approximate surface area is 155 Å². The van der Waals surface area contributed by atoms with E-state index in [0.717, 1.165) is 11.3 Å². The largest absolute Gasteiger partial charge is 0.497 e. The van der Waals surface area contributed by atoms with Crippen molar-refractivity contribution in [2.45, 2.75) is 18.9 Å².